The Hall–Kier alpha value is -3.65. The molecule has 6 nitrogen and oxygen atoms in total. The fourth-order valence-corrected chi connectivity index (χ4v) is 4.57. The number of aromatic amines is 1. The molecule has 164 valence electrons. The topological polar surface area (TPSA) is 88.3 Å². The van der Waals surface area contributed by atoms with E-state index in [0.29, 0.717) is 11.3 Å². The molecule has 0 fully saturated rings. The number of benzene rings is 3. The molecule has 8 heteroatoms. The number of sulfonamides is 1. The van der Waals surface area contributed by atoms with Gasteiger partial charge in [0.15, 0.2) is 0 Å². The molecule has 0 radical (unpaired) electrons. The number of rotatable bonds is 6. The average Bonchev–Trinajstić information content (AvgIpc) is 3.11. The molecule has 3 aromatic carbocycles. The number of H-pyrrole nitrogens is 1. The Bertz CT molecular complexity index is 1390. The molecular weight excluding hydrogens is 431 g/mol. The van der Waals surface area contributed by atoms with Crippen LogP contribution in [0.1, 0.15) is 22.8 Å². The monoisotopic (exact) mass is 452 g/mol. The number of aryl methyl sites for hydroxylation is 1. The lowest BCUT2D eigenvalue weighted by Gasteiger charge is -2.09. The highest BCUT2D eigenvalue weighted by atomic mass is 32.2. The third-order valence-electron chi connectivity index (χ3n) is 5.12. The molecule has 2 N–H and O–H groups in total. The summed E-state index contributed by atoms with van der Waals surface area (Å²) in [5.74, 6) is -0.787. The zero-order valence-electron chi connectivity index (χ0n) is 17.5. The molecule has 0 amide bonds. The molecule has 32 heavy (non-hydrogen) atoms. The molecule has 4 rings (SSSR count). The number of ether oxygens (including phenoxy) is 1. The Labute approximate surface area is 185 Å². The van der Waals surface area contributed by atoms with Gasteiger partial charge in [0.2, 0.25) is 0 Å². The number of hydrogen-bond acceptors (Lipinski definition) is 4. The number of nitrogens with one attached hydrogen (secondary N) is 2. The fraction of sp³-hybridized carbons (Fsp3) is 0.125. The lowest BCUT2D eigenvalue weighted by Crippen LogP contribution is -2.13. The number of carbonyl (C=O) groups is 1. The van der Waals surface area contributed by atoms with Gasteiger partial charge in [-0.15, -0.1) is 0 Å². The van der Waals surface area contributed by atoms with E-state index in [9.17, 15) is 17.6 Å². The van der Waals surface area contributed by atoms with E-state index in [0.717, 1.165) is 27.7 Å². The van der Waals surface area contributed by atoms with Gasteiger partial charge in [0.05, 0.1) is 17.1 Å². The molecule has 1 aromatic heterocycles. The van der Waals surface area contributed by atoms with Crippen LogP contribution in [0.4, 0.5) is 10.1 Å². The van der Waals surface area contributed by atoms with Gasteiger partial charge in [-0.25, -0.2) is 17.6 Å². The van der Waals surface area contributed by atoms with E-state index in [1.165, 1.54) is 42.5 Å². The second-order valence-corrected chi connectivity index (χ2v) is 8.93. The SMILES string of the molecule is CCOC(=O)c1ccc(NS(=O)(=O)c2ccc3[nH]c(-c4ccc(F)cc4)c(C)c3c2)cc1. The third-order valence-corrected chi connectivity index (χ3v) is 6.50. The first-order valence-electron chi connectivity index (χ1n) is 9.97. The van der Waals surface area contributed by atoms with E-state index >= 15 is 0 Å². The van der Waals surface area contributed by atoms with Crippen molar-refractivity contribution in [3.05, 3.63) is 83.7 Å². The van der Waals surface area contributed by atoms with Gasteiger partial charge in [-0.1, -0.05) is 0 Å². The van der Waals surface area contributed by atoms with Crippen LogP contribution in [0.5, 0.6) is 0 Å². The third kappa shape index (κ3) is 4.22. The van der Waals surface area contributed by atoms with Crippen molar-refractivity contribution in [3.8, 4) is 11.3 Å². The molecule has 0 aliphatic heterocycles. The minimum Gasteiger partial charge on any atom is -0.462 e. The van der Waals surface area contributed by atoms with Crippen molar-refractivity contribution in [1.29, 1.82) is 0 Å². The summed E-state index contributed by atoms with van der Waals surface area (Å²) in [5, 5.41) is 0.754. The maximum absolute atomic E-state index is 13.3. The van der Waals surface area contributed by atoms with Crippen LogP contribution in [0.3, 0.4) is 0 Å². The van der Waals surface area contributed by atoms with Crippen molar-refractivity contribution in [2.45, 2.75) is 18.7 Å². The van der Waals surface area contributed by atoms with Gasteiger partial charge in [0.25, 0.3) is 10.0 Å². The Kier molecular flexibility index (Phi) is 5.71. The first-order chi connectivity index (χ1) is 15.3. The van der Waals surface area contributed by atoms with Gasteiger partial charge in [-0.05, 0) is 91.7 Å². The molecule has 0 saturated heterocycles. The lowest BCUT2D eigenvalue weighted by atomic mass is 10.1. The summed E-state index contributed by atoms with van der Waals surface area (Å²) < 4.78 is 46.6. The van der Waals surface area contributed by atoms with Gasteiger partial charge in [-0.3, -0.25) is 4.72 Å². The summed E-state index contributed by atoms with van der Waals surface area (Å²) in [6.07, 6.45) is 0. The minimum atomic E-state index is -3.86. The van der Waals surface area contributed by atoms with Gasteiger partial charge in [0.1, 0.15) is 5.82 Å². The Morgan fingerprint density at radius 3 is 2.38 bits per heavy atom. The van der Waals surface area contributed by atoms with Crippen molar-refractivity contribution >= 4 is 32.6 Å². The van der Waals surface area contributed by atoms with Gasteiger partial charge in [0, 0.05) is 22.3 Å². The van der Waals surface area contributed by atoms with Crippen LogP contribution >= 0.6 is 0 Å². The maximum Gasteiger partial charge on any atom is 0.338 e. The molecule has 0 atom stereocenters. The van der Waals surface area contributed by atoms with E-state index in [4.69, 9.17) is 4.74 Å². The summed E-state index contributed by atoms with van der Waals surface area (Å²) in [6.45, 7) is 3.86. The smallest absolute Gasteiger partial charge is 0.338 e. The normalized spacial score (nSPS) is 11.5. The highest BCUT2D eigenvalue weighted by Crippen LogP contribution is 2.31. The summed E-state index contributed by atoms with van der Waals surface area (Å²) in [4.78, 5) is 15.1. The van der Waals surface area contributed by atoms with Crippen molar-refractivity contribution in [1.82, 2.24) is 4.98 Å². The minimum absolute atomic E-state index is 0.104. The van der Waals surface area contributed by atoms with Gasteiger partial charge in [-0.2, -0.15) is 0 Å². The molecule has 0 bridgehead atoms. The summed E-state index contributed by atoms with van der Waals surface area (Å²) in [7, 11) is -3.86. The van der Waals surface area contributed by atoms with Crippen molar-refractivity contribution < 1.29 is 22.3 Å². The van der Waals surface area contributed by atoms with Crippen molar-refractivity contribution in [2.24, 2.45) is 0 Å². The van der Waals surface area contributed by atoms with Crippen LogP contribution in [0.15, 0.2) is 71.6 Å². The Balaban J connectivity index is 1.63. The number of halogens is 1. The van der Waals surface area contributed by atoms with E-state index < -0.39 is 16.0 Å². The zero-order valence-corrected chi connectivity index (χ0v) is 18.3. The first-order valence-corrected chi connectivity index (χ1v) is 11.4. The van der Waals surface area contributed by atoms with Gasteiger partial charge >= 0.3 is 5.97 Å². The molecule has 0 aliphatic rings. The van der Waals surface area contributed by atoms with Crippen LogP contribution in [0.2, 0.25) is 0 Å². The van der Waals surface area contributed by atoms with Crippen LogP contribution in [-0.4, -0.2) is 26.0 Å². The second kappa shape index (κ2) is 8.47. The van der Waals surface area contributed by atoms with Crippen LogP contribution in [0.25, 0.3) is 22.2 Å². The van der Waals surface area contributed by atoms with Crippen LogP contribution in [-0.2, 0) is 14.8 Å². The number of hydrogen-bond donors (Lipinski definition) is 2. The number of esters is 1. The second-order valence-electron chi connectivity index (χ2n) is 7.24. The molecule has 0 unspecified atom stereocenters. The Morgan fingerprint density at radius 2 is 1.72 bits per heavy atom. The summed E-state index contributed by atoms with van der Waals surface area (Å²) in [6, 6.07) is 17.0. The number of carbonyl (C=O) groups excluding carboxylic acids is 1. The molecule has 4 aromatic rings. The lowest BCUT2D eigenvalue weighted by molar-refractivity contribution is 0.0526. The summed E-state index contributed by atoms with van der Waals surface area (Å²) >= 11 is 0. The van der Waals surface area contributed by atoms with Crippen LogP contribution < -0.4 is 4.72 Å². The highest BCUT2D eigenvalue weighted by molar-refractivity contribution is 7.92. The van der Waals surface area contributed by atoms with E-state index in [1.807, 2.05) is 6.92 Å². The summed E-state index contributed by atoms with van der Waals surface area (Å²) in [5.41, 5.74) is 3.92. The largest absolute Gasteiger partial charge is 0.462 e. The molecule has 1 heterocycles. The molecular formula is C24H21FN2O4S. The van der Waals surface area contributed by atoms with Crippen LogP contribution in [0, 0.1) is 12.7 Å². The number of fused-ring (bicyclic) bond motifs is 1. The van der Waals surface area contributed by atoms with Crippen molar-refractivity contribution in [3.63, 3.8) is 0 Å². The number of aromatic nitrogens is 1. The predicted octanol–water partition coefficient (Wildman–Crippen LogP) is 5.26. The zero-order chi connectivity index (χ0) is 22.9. The van der Waals surface area contributed by atoms with Crippen molar-refractivity contribution in [2.75, 3.05) is 11.3 Å². The standard InChI is InChI=1S/C24H21FN2O4S/c1-3-31-24(28)17-6-10-19(11-7-17)27-32(29,30)20-12-13-22-21(14-20)15(2)23(26-22)16-4-8-18(25)9-5-16/h4-14,26-27H,3H2,1-2H3. The molecule has 0 saturated carbocycles. The van der Waals surface area contributed by atoms with Gasteiger partial charge < -0.3 is 9.72 Å². The highest BCUT2D eigenvalue weighted by Gasteiger charge is 2.18. The maximum atomic E-state index is 13.3. The predicted molar refractivity (Wildman–Crippen MR) is 122 cm³/mol. The quantitative estimate of drug-likeness (QED) is 0.391. The number of anilines is 1. The first kappa shape index (κ1) is 21.6. The fourth-order valence-electron chi connectivity index (χ4n) is 3.48. The van der Waals surface area contributed by atoms with E-state index in [-0.39, 0.29) is 17.3 Å². The Morgan fingerprint density at radius 1 is 1.03 bits per heavy atom. The molecule has 0 aliphatic carbocycles. The van der Waals surface area contributed by atoms with E-state index in [1.54, 1.807) is 31.2 Å². The van der Waals surface area contributed by atoms with E-state index in [2.05, 4.69) is 9.71 Å². The molecule has 0 spiro atoms. The average molecular weight is 453 g/mol.